The van der Waals surface area contributed by atoms with Crippen LogP contribution in [0.4, 0.5) is 9.18 Å². The van der Waals surface area contributed by atoms with Crippen molar-refractivity contribution in [1.82, 2.24) is 15.5 Å². The van der Waals surface area contributed by atoms with Crippen molar-refractivity contribution in [2.24, 2.45) is 0 Å². The molecule has 2 amide bonds. The monoisotopic (exact) mass is 335 g/mol. The molecule has 1 aliphatic heterocycles. The van der Waals surface area contributed by atoms with Crippen molar-refractivity contribution < 1.29 is 13.9 Å². The number of ether oxygens (including phenoxy) is 1. The Bertz CT molecular complexity index is 600. The number of hydrogen-bond acceptors (Lipinski definition) is 3. The summed E-state index contributed by atoms with van der Waals surface area (Å²) in [6, 6.07) is 4.53. The van der Waals surface area contributed by atoms with Gasteiger partial charge in [0.25, 0.3) is 0 Å². The first kappa shape index (κ1) is 17.2. The highest BCUT2D eigenvalue weighted by Crippen LogP contribution is 2.31. The lowest BCUT2D eigenvalue weighted by Gasteiger charge is -2.42. The number of amides is 2. The van der Waals surface area contributed by atoms with Gasteiger partial charge in [-0.25, -0.2) is 9.18 Å². The van der Waals surface area contributed by atoms with E-state index in [-0.39, 0.29) is 23.4 Å². The fraction of sp³-hybridized carbons (Fsp3) is 0.611. The second-order valence-corrected chi connectivity index (χ2v) is 6.99. The number of urea groups is 1. The summed E-state index contributed by atoms with van der Waals surface area (Å²) in [4.78, 5) is 14.5. The predicted octanol–water partition coefficient (Wildman–Crippen LogP) is 2.22. The van der Waals surface area contributed by atoms with Crippen molar-refractivity contribution in [2.75, 3.05) is 33.9 Å². The molecule has 6 heteroatoms. The third-order valence-corrected chi connectivity index (χ3v) is 5.44. The molecule has 1 saturated heterocycles. The summed E-state index contributed by atoms with van der Waals surface area (Å²) in [6.07, 6.45) is 3.49. The highest BCUT2D eigenvalue weighted by Gasteiger charge is 2.35. The molecule has 1 atom stereocenters. The summed E-state index contributed by atoms with van der Waals surface area (Å²) in [5, 5.41) is 6.00. The molecule has 1 aromatic carbocycles. The van der Waals surface area contributed by atoms with Crippen LogP contribution in [-0.2, 0) is 11.2 Å². The van der Waals surface area contributed by atoms with Crippen LogP contribution in [0.1, 0.15) is 36.4 Å². The number of hydrogen-bond donors (Lipinski definition) is 2. The third-order valence-electron chi connectivity index (χ3n) is 5.44. The van der Waals surface area contributed by atoms with Crippen molar-refractivity contribution in [1.29, 1.82) is 0 Å². The molecule has 5 nitrogen and oxygen atoms in total. The summed E-state index contributed by atoms with van der Waals surface area (Å²) < 4.78 is 18.9. The van der Waals surface area contributed by atoms with Gasteiger partial charge in [0, 0.05) is 25.3 Å². The van der Waals surface area contributed by atoms with Crippen LogP contribution in [-0.4, -0.2) is 50.3 Å². The molecule has 0 radical (unpaired) electrons. The standard InChI is InChI=1S/C18H26FN3O2/c1-22(2)18(7-9-24-10-8-18)12-20-17(23)21-16-6-4-13-3-5-14(19)11-15(13)16/h3,5,11,16H,4,6-10,12H2,1-2H3,(H2,20,21,23). The zero-order valence-corrected chi connectivity index (χ0v) is 14.4. The topological polar surface area (TPSA) is 53.6 Å². The molecule has 1 heterocycles. The molecule has 0 aromatic heterocycles. The Labute approximate surface area is 142 Å². The van der Waals surface area contributed by atoms with Crippen molar-refractivity contribution in [3.63, 3.8) is 0 Å². The first-order valence-corrected chi connectivity index (χ1v) is 8.58. The Morgan fingerprint density at radius 2 is 2.12 bits per heavy atom. The highest BCUT2D eigenvalue weighted by molar-refractivity contribution is 5.74. The van der Waals surface area contributed by atoms with Crippen LogP contribution in [0.2, 0.25) is 0 Å². The molecule has 0 spiro atoms. The molecule has 0 saturated carbocycles. The van der Waals surface area contributed by atoms with Crippen LogP contribution in [0, 0.1) is 5.82 Å². The van der Waals surface area contributed by atoms with Crippen LogP contribution in [0.5, 0.6) is 0 Å². The van der Waals surface area contributed by atoms with Crippen LogP contribution >= 0.6 is 0 Å². The maximum absolute atomic E-state index is 13.5. The molecule has 1 aromatic rings. The Morgan fingerprint density at radius 1 is 1.38 bits per heavy atom. The van der Waals surface area contributed by atoms with Crippen molar-refractivity contribution >= 4 is 6.03 Å². The van der Waals surface area contributed by atoms with E-state index in [2.05, 4.69) is 15.5 Å². The number of carbonyl (C=O) groups is 1. The van der Waals surface area contributed by atoms with Crippen molar-refractivity contribution in [2.45, 2.75) is 37.3 Å². The second-order valence-electron chi connectivity index (χ2n) is 6.99. The van der Waals surface area contributed by atoms with Gasteiger partial charge in [-0.3, -0.25) is 0 Å². The number of benzene rings is 1. The molecule has 132 valence electrons. The molecule has 24 heavy (non-hydrogen) atoms. The van der Waals surface area contributed by atoms with Crippen LogP contribution in [0.15, 0.2) is 18.2 Å². The van der Waals surface area contributed by atoms with E-state index in [9.17, 15) is 9.18 Å². The number of likely N-dealkylation sites (N-methyl/N-ethyl adjacent to an activating group) is 1. The summed E-state index contributed by atoms with van der Waals surface area (Å²) in [5.41, 5.74) is 1.96. The Balaban J connectivity index is 1.58. The number of rotatable bonds is 4. The highest BCUT2D eigenvalue weighted by atomic mass is 19.1. The number of nitrogens with one attached hydrogen (secondary N) is 2. The lowest BCUT2D eigenvalue weighted by atomic mass is 9.88. The van der Waals surface area contributed by atoms with Gasteiger partial charge in [0.2, 0.25) is 0 Å². The molecule has 1 fully saturated rings. The minimum Gasteiger partial charge on any atom is -0.381 e. The van der Waals surface area contributed by atoms with E-state index in [1.807, 2.05) is 20.2 Å². The Kier molecular flexibility index (Phi) is 5.06. The van der Waals surface area contributed by atoms with E-state index in [4.69, 9.17) is 4.74 Å². The van der Waals surface area contributed by atoms with Gasteiger partial charge in [0.1, 0.15) is 5.82 Å². The lowest BCUT2D eigenvalue weighted by Crippen LogP contribution is -2.56. The van der Waals surface area contributed by atoms with E-state index in [1.165, 1.54) is 12.1 Å². The van der Waals surface area contributed by atoms with Crippen molar-refractivity contribution in [3.8, 4) is 0 Å². The van der Waals surface area contributed by atoms with E-state index in [0.717, 1.165) is 50.0 Å². The molecule has 3 rings (SSSR count). The minimum absolute atomic E-state index is 0.0602. The Morgan fingerprint density at radius 3 is 2.83 bits per heavy atom. The molecule has 0 bridgehead atoms. The first-order chi connectivity index (χ1) is 11.5. The zero-order valence-electron chi connectivity index (χ0n) is 14.4. The van der Waals surface area contributed by atoms with Gasteiger partial charge in [0.15, 0.2) is 0 Å². The van der Waals surface area contributed by atoms with Gasteiger partial charge in [-0.2, -0.15) is 0 Å². The Hall–Kier alpha value is -1.66. The summed E-state index contributed by atoms with van der Waals surface area (Å²) >= 11 is 0. The van der Waals surface area contributed by atoms with E-state index < -0.39 is 0 Å². The van der Waals surface area contributed by atoms with Gasteiger partial charge < -0.3 is 20.3 Å². The molecular weight excluding hydrogens is 309 g/mol. The van der Waals surface area contributed by atoms with E-state index in [0.29, 0.717) is 6.54 Å². The maximum atomic E-state index is 13.5. The molecular formula is C18H26FN3O2. The smallest absolute Gasteiger partial charge is 0.315 e. The summed E-state index contributed by atoms with van der Waals surface area (Å²) in [5.74, 6) is -0.253. The minimum atomic E-state index is -0.253. The predicted molar refractivity (Wildman–Crippen MR) is 90.5 cm³/mol. The van der Waals surface area contributed by atoms with Gasteiger partial charge in [0.05, 0.1) is 6.04 Å². The average molecular weight is 335 g/mol. The van der Waals surface area contributed by atoms with Gasteiger partial charge in [-0.15, -0.1) is 0 Å². The number of carbonyl (C=O) groups excluding carboxylic acids is 1. The van der Waals surface area contributed by atoms with Gasteiger partial charge in [-0.05, 0) is 63.0 Å². The normalized spacial score (nSPS) is 22.2. The quantitative estimate of drug-likeness (QED) is 0.887. The van der Waals surface area contributed by atoms with Crippen LogP contribution in [0.25, 0.3) is 0 Å². The van der Waals surface area contributed by atoms with Crippen LogP contribution in [0.3, 0.4) is 0 Å². The zero-order chi connectivity index (χ0) is 17.2. The summed E-state index contributed by atoms with van der Waals surface area (Å²) in [6.45, 7) is 2.02. The van der Waals surface area contributed by atoms with Crippen LogP contribution < -0.4 is 10.6 Å². The fourth-order valence-electron chi connectivity index (χ4n) is 3.71. The number of fused-ring (bicyclic) bond motifs is 1. The largest absolute Gasteiger partial charge is 0.381 e. The summed E-state index contributed by atoms with van der Waals surface area (Å²) in [7, 11) is 4.09. The van der Waals surface area contributed by atoms with Gasteiger partial charge >= 0.3 is 6.03 Å². The second kappa shape index (κ2) is 7.07. The number of nitrogens with zero attached hydrogens (tertiary/aromatic N) is 1. The number of halogens is 1. The first-order valence-electron chi connectivity index (χ1n) is 8.58. The fourth-order valence-corrected chi connectivity index (χ4v) is 3.71. The van der Waals surface area contributed by atoms with Crippen molar-refractivity contribution in [3.05, 3.63) is 35.1 Å². The third kappa shape index (κ3) is 3.54. The maximum Gasteiger partial charge on any atom is 0.315 e. The number of aryl methyl sites for hydroxylation is 1. The van der Waals surface area contributed by atoms with E-state index >= 15 is 0 Å². The average Bonchev–Trinajstić information content (AvgIpc) is 2.96. The lowest BCUT2D eigenvalue weighted by molar-refractivity contribution is -0.00575. The van der Waals surface area contributed by atoms with Gasteiger partial charge in [-0.1, -0.05) is 6.07 Å². The SMILES string of the molecule is CN(C)C1(CNC(=O)NC2CCc3ccc(F)cc32)CCOCC1. The molecule has 2 N–H and O–H groups in total. The van der Waals surface area contributed by atoms with E-state index in [1.54, 1.807) is 0 Å². The molecule has 1 unspecified atom stereocenters. The molecule has 1 aliphatic carbocycles. The molecule has 2 aliphatic rings.